The first-order valence-corrected chi connectivity index (χ1v) is 10.4. The van der Waals surface area contributed by atoms with Gasteiger partial charge in [-0.3, -0.25) is 9.36 Å². The molecule has 174 valence electrons. The van der Waals surface area contributed by atoms with Crippen molar-refractivity contribution in [3.63, 3.8) is 0 Å². The van der Waals surface area contributed by atoms with E-state index in [2.05, 4.69) is 4.98 Å². The standard InChI is InChI=1S/C23H23FN2O7/c1-4-31-22(28)23(29,12-33-32-5-2)18-15-11-13(24)9-10-16(15)26-20(18)25-19-14(21(26)27)7-6-8-17(19)30-3/h6-11,18,29H,4-5,12H2,1-3H3. The summed E-state index contributed by atoms with van der Waals surface area (Å²) in [5, 5.41) is 11.9. The Morgan fingerprint density at radius 3 is 2.70 bits per heavy atom. The van der Waals surface area contributed by atoms with Gasteiger partial charge in [-0.1, -0.05) is 6.07 Å². The molecule has 1 aromatic heterocycles. The van der Waals surface area contributed by atoms with Gasteiger partial charge >= 0.3 is 5.97 Å². The summed E-state index contributed by atoms with van der Waals surface area (Å²) < 4.78 is 26.0. The second kappa shape index (κ2) is 8.89. The molecular formula is C23H23FN2O7. The second-order valence-corrected chi connectivity index (χ2v) is 7.42. The van der Waals surface area contributed by atoms with E-state index >= 15 is 0 Å². The van der Waals surface area contributed by atoms with E-state index in [-0.39, 0.29) is 41.2 Å². The number of nitrogens with zero attached hydrogens (tertiary/aromatic N) is 2. The van der Waals surface area contributed by atoms with Crippen LogP contribution in [0.2, 0.25) is 0 Å². The molecule has 0 radical (unpaired) electrons. The lowest BCUT2D eigenvalue weighted by molar-refractivity contribution is -0.313. The molecule has 1 aliphatic heterocycles. The smallest absolute Gasteiger partial charge is 0.341 e. The Balaban J connectivity index is 2.04. The average Bonchev–Trinajstić information content (AvgIpc) is 3.13. The number of ether oxygens (including phenoxy) is 2. The molecule has 2 unspecified atom stereocenters. The first-order chi connectivity index (χ1) is 15.9. The monoisotopic (exact) mass is 458 g/mol. The fourth-order valence-electron chi connectivity index (χ4n) is 4.09. The van der Waals surface area contributed by atoms with Gasteiger partial charge in [-0.2, -0.15) is 0 Å². The van der Waals surface area contributed by atoms with Crippen LogP contribution in [0.4, 0.5) is 4.39 Å². The van der Waals surface area contributed by atoms with Gasteiger partial charge in [-0.15, -0.1) is 0 Å². The highest BCUT2D eigenvalue weighted by molar-refractivity contribution is 5.86. The molecule has 0 aliphatic carbocycles. The van der Waals surface area contributed by atoms with Crippen LogP contribution in [0.3, 0.4) is 0 Å². The largest absolute Gasteiger partial charge is 0.494 e. The number of hydrogen-bond acceptors (Lipinski definition) is 8. The quantitative estimate of drug-likeness (QED) is 0.237. The number of carbonyl (C=O) groups is 1. The molecule has 2 heterocycles. The average molecular weight is 458 g/mol. The SMILES string of the molecule is CCOOCC(O)(C(=O)OCC)C1c2cc(F)ccc2-n2c1nc1c(OC)cccc1c2=O. The Labute approximate surface area is 188 Å². The van der Waals surface area contributed by atoms with Crippen molar-refractivity contribution in [3.05, 3.63) is 64.0 Å². The van der Waals surface area contributed by atoms with Crippen molar-refractivity contribution in [3.8, 4) is 11.4 Å². The van der Waals surface area contributed by atoms with Crippen molar-refractivity contribution in [2.24, 2.45) is 0 Å². The van der Waals surface area contributed by atoms with E-state index in [1.54, 1.807) is 32.0 Å². The van der Waals surface area contributed by atoms with Gasteiger partial charge in [0.05, 0.1) is 37.3 Å². The lowest BCUT2D eigenvalue weighted by atomic mass is 9.82. The number of halogens is 1. The molecule has 1 N–H and O–H groups in total. The summed E-state index contributed by atoms with van der Waals surface area (Å²) in [6.07, 6.45) is 0. The number of aromatic nitrogens is 2. The molecule has 0 saturated carbocycles. The summed E-state index contributed by atoms with van der Waals surface area (Å²) in [6, 6.07) is 8.62. The van der Waals surface area contributed by atoms with E-state index in [4.69, 9.17) is 19.2 Å². The molecule has 2 aromatic carbocycles. The number of benzene rings is 2. The van der Waals surface area contributed by atoms with E-state index in [1.165, 1.54) is 23.8 Å². The van der Waals surface area contributed by atoms with Gasteiger partial charge in [0, 0.05) is 0 Å². The maximum absolute atomic E-state index is 14.3. The van der Waals surface area contributed by atoms with Crippen LogP contribution in [-0.4, -0.2) is 53.2 Å². The van der Waals surface area contributed by atoms with Crippen LogP contribution in [-0.2, 0) is 19.3 Å². The minimum absolute atomic E-state index is 0.0215. The summed E-state index contributed by atoms with van der Waals surface area (Å²) in [4.78, 5) is 41.0. The molecule has 0 bridgehead atoms. The van der Waals surface area contributed by atoms with Crippen LogP contribution in [0.1, 0.15) is 31.2 Å². The number of esters is 1. The molecule has 10 heteroatoms. The Morgan fingerprint density at radius 1 is 1.21 bits per heavy atom. The lowest BCUT2D eigenvalue weighted by Crippen LogP contribution is -2.50. The Hall–Kier alpha value is -3.34. The Morgan fingerprint density at radius 2 is 2.00 bits per heavy atom. The minimum Gasteiger partial charge on any atom is -0.494 e. The van der Waals surface area contributed by atoms with Gasteiger partial charge < -0.3 is 14.6 Å². The van der Waals surface area contributed by atoms with Crippen molar-refractivity contribution >= 4 is 16.9 Å². The van der Waals surface area contributed by atoms with Gasteiger partial charge in [0.2, 0.25) is 5.60 Å². The van der Waals surface area contributed by atoms with Gasteiger partial charge in [-0.05, 0) is 49.7 Å². The van der Waals surface area contributed by atoms with E-state index in [0.29, 0.717) is 5.75 Å². The number of aliphatic hydroxyl groups is 1. The summed E-state index contributed by atoms with van der Waals surface area (Å²) in [6.45, 7) is 2.74. The molecule has 0 spiro atoms. The molecular weight excluding hydrogens is 435 g/mol. The Bertz CT molecular complexity index is 1280. The number of rotatable bonds is 8. The first kappa shape index (κ1) is 22.8. The van der Waals surface area contributed by atoms with Crippen molar-refractivity contribution in [1.82, 2.24) is 9.55 Å². The highest BCUT2D eigenvalue weighted by atomic mass is 19.1. The van der Waals surface area contributed by atoms with Crippen LogP contribution >= 0.6 is 0 Å². The third kappa shape index (κ3) is 3.65. The summed E-state index contributed by atoms with van der Waals surface area (Å²) >= 11 is 0. The fraction of sp³-hybridized carbons (Fsp3) is 0.348. The van der Waals surface area contributed by atoms with Crippen molar-refractivity contribution < 1.29 is 33.5 Å². The second-order valence-electron chi connectivity index (χ2n) is 7.42. The number of carbonyl (C=O) groups excluding carboxylic acids is 1. The van der Waals surface area contributed by atoms with E-state index < -0.39 is 35.5 Å². The summed E-state index contributed by atoms with van der Waals surface area (Å²) in [5.41, 5.74) is -2.11. The molecule has 0 amide bonds. The molecule has 2 atom stereocenters. The predicted molar refractivity (Wildman–Crippen MR) is 115 cm³/mol. The molecule has 1 aliphatic rings. The molecule has 0 saturated heterocycles. The number of fused-ring (bicyclic) bond motifs is 4. The molecule has 3 aromatic rings. The number of para-hydroxylation sites is 1. The fourth-order valence-corrected chi connectivity index (χ4v) is 4.09. The number of methoxy groups -OCH3 is 1. The van der Waals surface area contributed by atoms with Crippen molar-refractivity contribution in [2.75, 3.05) is 26.9 Å². The number of hydrogen-bond donors (Lipinski definition) is 1. The zero-order valence-electron chi connectivity index (χ0n) is 18.3. The summed E-state index contributed by atoms with van der Waals surface area (Å²) in [5.74, 6) is -2.57. The zero-order chi connectivity index (χ0) is 23.8. The van der Waals surface area contributed by atoms with Gasteiger partial charge in [0.1, 0.15) is 29.5 Å². The van der Waals surface area contributed by atoms with E-state index in [9.17, 15) is 19.1 Å². The highest BCUT2D eigenvalue weighted by Gasteiger charge is 2.53. The highest BCUT2D eigenvalue weighted by Crippen LogP contribution is 2.44. The van der Waals surface area contributed by atoms with Gasteiger partial charge in [-0.25, -0.2) is 23.9 Å². The molecule has 33 heavy (non-hydrogen) atoms. The van der Waals surface area contributed by atoms with Gasteiger partial charge in [0.25, 0.3) is 5.56 Å². The zero-order valence-corrected chi connectivity index (χ0v) is 18.3. The van der Waals surface area contributed by atoms with Crippen LogP contribution in [0.5, 0.6) is 5.75 Å². The third-order valence-corrected chi connectivity index (χ3v) is 5.49. The predicted octanol–water partition coefficient (Wildman–Crippen LogP) is 2.24. The van der Waals surface area contributed by atoms with Crippen LogP contribution in [0.15, 0.2) is 41.2 Å². The summed E-state index contributed by atoms with van der Waals surface area (Å²) in [7, 11) is 1.44. The maximum atomic E-state index is 14.3. The maximum Gasteiger partial charge on any atom is 0.341 e. The van der Waals surface area contributed by atoms with E-state index in [1.807, 2.05) is 0 Å². The third-order valence-electron chi connectivity index (χ3n) is 5.49. The van der Waals surface area contributed by atoms with Crippen LogP contribution in [0.25, 0.3) is 16.6 Å². The van der Waals surface area contributed by atoms with Gasteiger partial charge in [0.15, 0.2) is 0 Å². The first-order valence-electron chi connectivity index (χ1n) is 10.4. The molecule has 0 fully saturated rings. The topological polar surface area (TPSA) is 109 Å². The Kier molecular flexibility index (Phi) is 6.15. The molecule has 4 rings (SSSR count). The molecule has 9 nitrogen and oxygen atoms in total. The normalized spacial score (nSPS) is 16.2. The van der Waals surface area contributed by atoms with E-state index in [0.717, 1.165) is 6.07 Å². The van der Waals surface area contributed by atoms with Crippen molar-refractivity contribution in [2.45, 2.75) is 25.4 Å². The minimum atomic E-state index is -2.37. The van der Waals surface area contributed by atoms with Crippen LogP contribution in [0, 0.1) is 5.82 Å². The van der Waals surface area contributed by atoms with Crippen molar-refractivity contribution in [1.29, 1.82) is 0 Å². The lowest BCUT2D eigenvalue weighted by Gasteiger charge is -2.30. The van der Waals surface area contributed by atoms with Crippen LogP contribution < -0.4 is 10.3 Å².